The minimum absolute atomic E-state index is 0.0235. The normalized spacial score (nSPS) is 18.6. The van der Waals surface area contributed by atoms with Crippen molar-refractivity contribution >= 4 is 0 Å². The monoisotopic (exact) mass is 245 g/mol. The van der Waals surface area contributed by atoms with Gasteiger partial charge in [-0.05, 0) is 26.2 Å². The Morgan fingerprint density at radius 1 is 1.50 bits per heavy atom. The molecule has 0 aromatic carbocycles. The molecule has 2 rings (SSSR count). The molecule has 0 N–H and O–H groups in total. The number of hydrogen-bond donors (Lipinski definition) is 0. The number of nitriles is 1. The van der Waals surface area contributed by atoms with E-state index in [2.05, 4.69) is 0 Å². The van der Waals surface area contributed by atoms with Gasteiger partial charge in [-0.3, -0.25) is 13.9 Å². The van der Waals surface area contributed by atoms with Gasteiger partial charge in [-0.2, -0.15) is 5.26 Å². The Morgan fingerprint density at radius 3 is 2.83 bits per heavy atom. The maximum absolute atomic E-state index is 12.2. The fourth-order valence-electron chi connectivity index (χ4n) is 2.23. The van der Waals surface area contributed by atoms with Crippen LogP contribution in [-0.2, 0) is 6.54 Å². The van der Waals surface area contributed by atoms with E-state index >= 15 is 0 Å². The van der Waals surface area contributed by atoms with Crippen molar-refractivity contribution in [2.75, 3.05) is 0 Å². The van der Waals surface area contributed by atoms with E-state index in [0.29, 0.717) is 6.54 Å². The first-order valence-electron chi connectivity index (χ1n) is 6.11. The van der Waals surface area contributed by atoms with Crippen LogP contribution in [0.4, 0.5) is 0 Å². The molecular formula is C13H15N3O2. The highest BCUT2D eigenvalue weighted by atomic mass is 16.2. The van der Waals surface area contributed by atoms with Gasteiger partial charge in [0.15, 0.2) is 0 Å². The van der Waals surface area contributed by atoms with Gasteiger partial charge in [0, 0.05) is 12.7 Å². The van der Waals surface area contributed by atoms with Crippen molar-refractivity contribution in [1.29, 1.82) is 5.26 Å². The third kappa shape index (κ3) is 2.02. The quantitative estimate of drug-likeness (QED) is 0.735. The molecule has 94 valence electrons. The average Bonchev–Trinajstić information content (AvgIpc) is 2.40. The van der Waals surface area contributed by atoms with Gasteiger partial charge in [-0.15, -0.1) is 0 Å². The van der Waals surface area contributed by atoms with Gasteiger partial charge >= 0.3 is 5.69 Å². The topological polar surface area (TPSA) is 67.8 Å². The first-order valence-corrected chi connectivity index (χ1v) is 6.11. The maximum atomic E-state index is 12.2. The van der Waals surface area contributed by atoms with Crippen molar-refractivity contribution in [1.82, 2.24) is 9.13 Å². The Kier molecular flexibility index (Phi) is 3.47. The molecule has 1 aromatic heterocycles. The van der Waals surface area contributed by atoms with Crippen molar-refractivity contribution in [2.45, 2.75) is 38.8 Å². The van der Waals surface area contributed by atoms with E-state index in [1.807, 2.05) is 25.1 Å². The molecule has 0 bridgehead atoms. The lowest BCUT2D eigenvalue weighted by atomic mass is 10.0. The van der Waals surface area contributed by atoms with E-state index in [9.17, 15) is 9.59 Å². The summed E-state index contributed by atoms with van der Waals surface area (Å²) in [4.78, 5) is 24.3. The summed E-state index contributed by atoms with van der Waals surface area (Å²) in [5, 5.41) is 8.96. The van der Waals surface area contributed by atoms with E-state index < -0.39 is 5.56 Å². The van der Waals surface area contributed by atoms with E-state index in [0.717, 1.165) is 19.3 Å². The molecule has 1 aromatic rings. The van der Waals surface area contributed by atoms with Crippen LogP contribution in [0.3, 0.4) is 0 Å². The number of hydrogen-bond acceptors (Lipinski definition) is 3. The number of allylic oxidation sites excluding steroid dienone is 2. The summed E-state index contributed by atoms with van der Waals surface area (Å²) in [5.41, 5.74) is -0.794. The molecule has 1 heterocycles. The van der Waals surface area contributed by atoms with Crippen molar-refractivity contribution in [3.05, 3.63) is 44.8 Å². The summed E-state index contributed by atoms with van der Waals surface area (Å²) in [6.07, 6.45) is 7.90. The third-order valence-electron chi connectivity index (χ3n) is 3.21. The molecule has 5 nitrogen and oxygen atoms in total. The Morgan fingerprint density at radius 2 is 2.28 bits per heavy atom. The molecule has 0 aliphatic heterocycles. The molecule has 0 radical (unpaired) electrons. The molecule has 1 atom stereocenters. The van der Waals surface area contributed by atoms with Crippen LogP contribution in [0.1, 0.15) is 37.8 Å². The van der Waals surface area contributed by atoms with E-state index in [4.69, 9.17) is 5.26 Å². The Labute approximate surface area is 105 Å². The van der Waals surface area contributed by atoms with E-state index in [-0.39, 0.29) is 17.3 Å². The van der Waals surface area contributed by atoms with Crippen LogP contribution in [0.25, 0.3) is 0 Å². The van der Waals surface area contributed by atoms with Gasteiger partial charge in [-0.25, -0.2) is 4.79 Å². The van der Waals surface area contributed by atoms with Crippen molar-refractivity contribution in [2.24, 2.45) is 0 Å². The van der Waals surface area contributed by atoms with Gasteiger partial charge in [0.05, 0.1) is 6.04 Å². The van der Waals surface area contributed by atoms with Gasteiger partial charge in [0.25, 0.3) is 5.56 Å². The molecule has 18 heavy (non-hydrogen) atoms. The molecule has 1 unspecified atom stereocenters. The van der Waals surface area contributed by atoms with E-state index in [1.54, 1.807) is 0 Å². The molecule has 0 spiro atoms. The summed E-state index contributed by atoms with van der Waals surface area (Å²) in [6.45, 7) is 2.26. The van der Waals surface area contributed by atoms with E-state index in [1.165, 1.54) is 15.3 Å². The smallest absolute Gasteiger partial charge is 0.299 e. The molecule has 1 aliphatic carbocycles. The highest BCUT2D eigenvalue weighted by Gasteiger charge is 2.18. The first-order chi connectivity index (χ1) is 8.69. The largest absolute Gasteiger partial charge is 0.331 e. The maximum Gasteiger partial charge on any atom is 0.331 e. The number of aromatic nitrogens is 2. The van der Waals surface area contributed by atoms with Crippen molar-refractivity contribution < 1.29 is 0 Å². The molecule has 0 saturated heterocycles. The summed E-state index contributed by atoms with van der Waals surface area (Å²) in [6, 6.07) is 1.64. The predicted molar refractivity (Wildman–Crippen MR) is 67.4 cm³/mol. The lowest BCUT2D eigenvalue weighted by molar-refractivity contribution is 0.462. The van der Waals surface area contributed by atoms with Gasteiger partial charge < -0.3 is 0 Å². The summed E-state index contributed by atoms with van der Waals surface area (Å²) < 4.78 is 2.61. The summed E-state index contributed by atoms with van der Waals surface area (Å²) >= 11 is 0. The van der Waals surface area contributed by atoms with Crippen LogP contribution in [0.15, 0.2) is 27.9 Å². The SMILES string of the molecule is CCn1cc(C#N)c(=O)n(C2C=CCCC2)c1=O. The fourth-order valence-corrected chi connectivity index (χ4v) is 2.23. The van der Waals surface area contributed by atoms with Gasteiger partial charge in [-0.1, -0.05) is 12.2 Å². The Bertz CT molecular complexity index is 631. The Balaban J connectivity index is 2.69. The van der Waals surface area contributed by atoms with Crippen molar-refractivity contribution in [3.8, 4) is 6.07 Å². The second kappa shape index (κ2) is 5.05. The lowest BCUT2D eigenvalue weighted by Crippen LogP contribution is -2.42. The number of rotatable bonds is 2. The summed E-state index contributed by atoms with van der Waals surface area (Å²) in [7, 11) is 0. The zero-order valence-electron chi connectivity index (χ0n) is 10.3. The zero-order chi connectivity index (χ0) is 13.1. The highest BCUT2D eigenvalue weighted by molar-refractivity contribution is 5.23. The molecule has 0 fully saturated rings. The second-order valence-electron chi connectivity index (χ2n) is 4.32. The van der Waals surface area contributed by atoms with Crippen molar-refractivity contribution in [3.63, 3.8) is 0 Å². The van der Waals surface area contributed by atoms with Crippen LogP contribution < -0.4 is 11.2 Å². The van der Waals surface area contributed by atoms with Gasteiger partial charge in [0.2, 0.25) is 0 Å². The summed E-state index contributed by atoms with van der Waals surface area (Å²) in [5.74, 6) is 0. The van der Waals surface area contributed by atoms with Crippen LogP contribution in [-0.4, -0.2) is 9.13 Å². The molecule has 1 aliphatic rings. The average molecular weight is 245 g/mol. The van der Waals surface area contributed by atoms with Gasteiger partial charge in [0.1, 0.15) is 11.6 Å². The minimum Gasteiger partial charge on any atom is -0.299 e. The lowest BCUT2D eigenvalue weighted by Gasteiger charge is -2.19. The number of aryl methyl sites for hydroxylation is 1. The predicted octanol–water partition coefficient (Wildman–Crippen LogP) is 1.18. The zero-order valence-corrected chi connectivity index (χ0v) is 10.3. The fraction of sp³-hybridized carbons (Fsp3) is 0.462. The Hall–Kier alpha value is -2.09. The molecular weight excluding hydrogens is 230 g/mol. The third-order valence-corrected chi connectivity index (χ3v) is 3.21. The minimum atomic E-state index is -0.483. The van der Waals surface area contributed by atoms with Crippen LogP contribution in [0.5, 0.6) is 0 Å². The first kappa shape index (κ1) is 12.4. The second-order valence-corrected chi connectivity index (χ2v) is 4.32. The van der Waals surface area contributed by atoms with Crippen LogP contribution in [0, 0.1) is 11.3 Å². The molecule has 0 saturated carbocycles. The molecule has 0 amide bonds. The molecule has 5 heteroatoms. The number of nitrogens with zero attached hydrogens (tertiary/aromatic N) is 3. The standard InChI is InChI=1S/C13H15N3O2/c1-2-15-9-10(8-14)12(17)16(13(15)18)11-6-4-3-5-7-11/h4,6,9,11H,2-3,5,7H2,1H3. The van der Waals surface area contributed by atoms with Crippen LogP contribution >= 0.6 is 0 Å². The van der Waals surface area contributed by atoms with Crippen LogP contribution in [0.2, 0.25) is 0 Å². The highest BCUT2D eigenvalue weighted by Crippen LogP contribution is 2.19.